The zero-order valence-corrected chi connectivity index (χ0v) is 45.0. The molecule has 2 aromatic carbocycles. The Hall–Kier alpha value is -4.92. The molecule has 2 heterocycles. The van der Waals surface area contributed by atoms with Crippen molar-refractivity contribution in [2.45, 2.75) is 117 Å². The van der Waals surface area contributed by atoms with E-state index in [1.165, 1.54) is 6.92 Å². The zero-order chi connectivity index (χ0) is 51.9. The van der Waals surface area contributed by atoms with Crippen LogP contribution in [-0.2, 0) is 69.5 Å². The largest absolute Gasteiger partial charge is 0.450 e. The smallest absolute Gasteiger partial charge is 0.307 e. The Kier molecular flexibility index (Phi) is 24.9. The number of benzene rings is 2. The summed E-state index contributed by atoms with van der Waals surface area (Å²) < 4.78 is 13.0. The lowest BCUT2D eigenvalue weighted by molar-refractivity contribution is -0.164. The molecule has 1 aliphatic rings. The summed E-state index contributed by atoms with van der Waals surface area (Å²) in [6, 6.07) is 17.0. The number of hydrogen-bond donors (Lipinski definition) is 3. The van der Waals surface area contributed by atoms with Gasteiger partial charge < -0.3 is 25.4 Å². The Bertz CT molecular complexity index is 2170. The predicted octanol–water partition coefficient (Wildman–Crippen LogP) is 4.87. The molecule has 390 valence electrons. The fraction of sp³-hybridized carbons (Fsp3) is 0.604. The number of carbonyl (C=O) groups is 7. The van der Waals surface area contributed by atoms with Gasteiger partial charge in [0.05, 0.1) is 44.0 Å². The molecule has 0 spiro atoms. The molecule has 3 amide bonds. The maximum Gasteiger partial charge on any atom is 0.307 e. The second-order valence-electron chi connectivity index (χ2n) is 20.0. The summed E-state index contributed by atoms with van der Waals surface area (Å²) in [7, 11) is 3.69. The molecule has 1 aliphatic heterocycles. The SMILES string of the molecule is CC(C)C[C@H](NC(=O)[C@H](CCc1ccccc1)CC(=O)CN1CCOCC1)C(=O)C[C@@H](Cc1ccccc1)C(=O)N[C@@H](CC(C)C)C(=O)[C@@](C)(CI)OC(=O)CCC(=O)NCCN(C)Cc1cn(C)nn1. The maximum absolute atomic E-state index is 14.6. The Morgan fingerprint density at radius 3 is 2.04 bits per heavy atom. The Morgan fingerprint density at radius 1 is 0.831 bits per heavy atom. The van der Waals surface area contributed by atoms with Gasteiger partial charge in [0.25, 0.3) is 0 Å². The first kappa shape index (κ1) is 58.6. The first-order valence-corrected chi connectivity index (χ1v) is 26.5. The van der Waals surface area contributed by atoms with Crippen LogP contribution in [0.2, 0.25) is 0 Å². The van der Waals surface area contributed by atoms with E-state index in [1.54, 1.807) is 11.7 Å². The average molecular weight is 1100 g/mol. The maximum atomic E-state index is 14.6. The highest BCUT2D eigenvalue weighted by Crippen LogP contribution is 2.25. The number of ketones is 3. The molecule has 0 radical (unpaired) electrons. The summed E-state index contributed by atoms with van der Waals surface area (Å²) in [5, 5.41) is 16.8. The summed E-state index contributed by atoms with van der Waals surface area (Å²) in [4.78, 5) is 101. The summed E-state index contributed by atoms with van der Waals surface area (Å²) in [5.74, 6) is -4.53. The van der Waals surface area contributed by atoms with Crippen LogP contribution in [0.1, 0.15) is 96.4 Å². The lowest BCUT2D eigenvalue weighted by Crippen LogP contribution is -2.55. The number of ether oxygens (including phenoxy) is 2. The molecule has 0 bridgehead atoms. The lowest BCUT2D eigenvalue weighted by Gasteiger charge is -2.32. The third kappa shape index (κ3) is 21.4. The number of alkyl halides is 1. The van der Waals surface area contributed by atoms with E-state index in [2.05, 4.69) is 26.3 Å². The van der Waals surface area contributed by atoms with E-state index in [0.717, 1.165) is 16.8 Å². The van der Waals surface area contributed by atoms with Crippen molar-refractivity contribution in [3.8, 4) is 0 Å². The van der Waals surface area contributed by atoms with Gasteiger partial charge in [-0.3, -0.25) is 48.0 Å². The minimum absolute atomic E-state index is 0.000674. The highest BCUT2D eigenvalue weighted by atomic mass is 127. The van der Waals surface area contributed by atoms with Crippen molar-refractivity contribution in [1.29, 1.82) is 0 Å². The van der Waals surface area contributed by atoms with Gasteiger partial charge in [-0.2, -0.15) is 0 Å². The first-order valence-electron chi connectivity index (χ1n) is 25.0. The van der Waals surface area contributed by atoms with Crippen molar-refractivity contribution < 1.29 is 43.0 Å². The average Bonchev–Trinajstić information content (AvgIpc) is 3.75. The fourth-order valence-electron chi connectivity index (χ4n) is 8.55. The quantitative estimate of drug-likeness (QED) is 0.0434. The Morgan fingerprint density at radius 2 is 1.44 bits per heavy atom. The van der Waals surface area contributed by atoms with Crippen LogP contribution in [0.4, 0.5) is 0 Å². The molecule has 3 aromatic rings. The second kappa shape index (κ2) is 30.2. The van der Waals surface area contributed by atoms with Gasteiger partial charge >= 0.3 is 5.97 Å². The molecule has 1 fully saturated rings. The number of esters is 1. The van der Waals surface area contributed by atoms with E-state index in [0.29, 0.717) is 65.2 Å². The number of aromatic nitrogens is 3. The molecule has 0 aliphatic carbocycles. The minimum Gasteiger partial charge on any atom is -0.450 e. The van der Waals surface area contributed by atoms with Gasteiger partial charge in [-0.25, -0.2) is 0 Å². The van der Waals surface area contributed by atoms with Crippen LogP contribution in [0.5, 0.6) is 0 Å². The van der Waals surface area contributed by atoms with Crippen LogP contribution in [0.3, 0.4) is 0 Å². The number of rotatable bonds is 32. The summed E-state index contributed by atoms with van der Waals surface area (Å²) >= 11 is 1.98. The number of nitrogens with one attached hydrogen (secondary N) is 3. The van der Waals surface area contributed by atoms with E-state index in [9.17, 15) is 33.6 Å². The van der Waals surface area contributed by atoms with E-state index < -0.39 is 47.2 Å². The Labute approximate surface area is 433 Å². The van der Waals surface area contributed by atoms with Gasteiger partial charge in [0.15, 0.2) is 17.2 Å². The third-order valence-corrected chi connectivity index (χ3v) is 13.9. The third-order valence-electron chi connectivity index (χ3n) is 12.4. The second-order valence-corrected chi connectivity index (χ2v) is 20.7. The van der Waals surface area contributed by atoms with Crippen LogP contribution in [0, 0.1) is 23.7 Å². The van der Waals surface area contributed by atoms with Gasteiger partial charge in [0.2, 0.25) is 17.7 Å². The van der Waals surface area contributed by atoms with Crippen molar-refractivity contribution in [2.24, 2.45) is 30.7 Å². The number of likely N-dealkylation sites (N-methyl/N-ethyl adjacent to an activating group) is 1. The number of nitrogens with zero attached hydrogens (tertiary/aromatic N) is 5. The van der Waals surface area contributed by atoms with Crippen molar-refractivity contribution in [2.75, 3.05) is 57.4 Å². The summed E-state index contributed by atoms with van der Waals surface area (Å²) in [6.07, 6.45) is 2.91. The van der Waals surface area contributed by atoms with Gasteiger partial charge in [0.1, 0.15) is 5.78 Å². The molecule has 0 saturated carbocycles. The standard InChI is InChI=1S/C53H77IN8O9/c1-37(2)28-45(56-51(68)41(19-18-39-14-10-8-11-15-39)31-44(63)35-62-24-26-70-27-25-62)47(64)32-42(30-40-16-12-9-13-17-40)52(69)57-46(29-38(3)4)50(67)53(5,36-54)71-49(66)21-20-48(65)55-22-23-60(6)33-43-34-61(7)59-58-43/h8-17,34,37-38,41-42,45-46H,18-33,35-36H2,1-7H3,(H,55,65)(H,56,68)(H,57,69)/t41-,42-,45+,46+,53-/m1/s1. The van der Waals surface area contributed by atoms with Gasteiger partial charge in [-0.15, -0.1) is 5.10 Å². The molecule has 5 atom stereocenters. The van der Waals surface area contributed by atoms with Crippen LogP contribution in [0.15, 0.2) is 66.9 Å². The van der Waals surface area contributed by atoms with Crippen LogP contribution < -0.4 is 16.0 Å². The topological polar surface area (TPSA) is 211 Å². The fourth-order valence-corrected chi connectivity index (χ4v) is 9.08. The summed E-state index contributed by atoms with van der Waals surface area (Å²) in [6.45, 7) is 13.3. The van der Waals surface area contributed by atoms with Gasteiger partial charge in [0, 0.05) is 81.5 Å². The monoisotopic (exact) mass is 1100 g/mol. The molecule has 71 heavy (non-hydrogen) atoms. The number of halogens is 1. The number of carbonyl (C=O) groups excluding carboxylic acids is 7. The van der Waals surface area contributed by atoms with Gasteiger partial charge in [-0.1, -0.05) is 116 Å². The predicted molar refractivity (Wildman–Crippen MR) is 279 cm³/mol. The zero-order valence-electron chi connectivity index (χ0n) is 42.8. The first-order chi connectivity index (χ1) is 33.8. The molecule has 3 N–H and O–H groups in total. The van der Waals surface area contributed by atoms with Crippen molar-refractivity contribution >= 4 is 63.6 Å². The normalized spacial score (nSPS) is 15.6. The summed E-state index contributed by atoms with van der Waals surface area (Å²) in [5.41, 5.74) is 1.00. The Balaban J connectivity index is 1.45. The van der Waals surface area contributed by atoms with E-state index in [4.69, 9.17) is 9.47 Å². The molecule has 1 saturated heterocycles. The number of Topliss-reactive ketones (excluding diaryl/α,β-unsaturated/α-hetero) is 3. The van der Waals surface area contributed by atoms with Crippen LogP contribution >= 0.6 is 22.6 Å². The number of amides is 3. The van der Waals surface area contributed by atoms with Crippen molar-refractivity contribution in [3.63, 3.8) is 0 Å². The highest BCUT2D eigenvalue weighted by Gasteiger charge is 2.42. The molecule has 18 heteroatoms. The highest BCUT2D eigenvalue weighted by molar-refractivity contribution is 14.1. The van der Waals surface area contributed by atoms with Crippen molar-refractivity contribution in [3.05, 3.63) is 83.7 Å². The van der Waals surface area contributed by atoms with Crippen LogP contribution in [-0.4, -0.2) is 141 Å². The molecule has 0 unspecified atom stereocenters. The molecular weight excluding hydrogens is 1020 g/mol. The number of morpholine rings is 1. The minimum atomic E-state index is -1.64. The molecule has 17 nitrogen and oxygen atoms in total. The van der Waals surface area contributed by atoms with Gasteiger partial charge in [-0.05, 0) is 69.0 Å². The van der Waals surface area contributed by atoms with Crippen LogP contribution in [0.25, 0.3) is 0 Å². The number of hydrogen-bond acceptors (Lipinski definition) is 13. The lowest BCUT2D eigenvalue weighted by atomic mass is 9.87. The van der Waals surface area contributed by atoms with Crippen molar-refractivity contribution in [1.82, 2.24) is 40.7 Å². The van der Waals surface area contributed by atoms with E-state index in [-0.39, 0.29) is 84.7 Å². The van der Waals surface area contributed by atoms with E-state index in [1.807, 2.05) is 134 Å². The number of aryl methyl sites for hydroxylation is 2. The van der Waals surface area contributed by atoms with E-state index >= 15 is 0 Å². The molecule has 1 aromatic heterocycles. The molecule has 4 rings (SSSR count). The molecular formula is C53H77IN8O9.